The predicted octanol–water partition coefficient (Wildman–Crippen LogP) is 0.274. The first-order valence-electron chi connectivity index (χ1n) is 6.27. The van der Waals surface area contributed by atoms with E-state index in [4.69, 9.17) is 5.11 Å². The van der Waals surface area contributed by atoms with Crippen molar-refractivity contribution in [2.45, 2.75) is 51.7 Å². The van der Waals surface area contributed by atoms with E-state index in [1.807, 2.05) is 0 Å². The van der Waals surface area contributed by atoms with Crippen molar-refractivity contribution in [3.8, 4) is 0 Å². The van der Waals surface area contributed by atoms with Crippen molar-refractivity contribution in [2.24, 2.45) is 0 Å². The summed E-state index contributed by atoms with van der Waals surface area (Å²) in [5, 5.41) is 11.7. The first-order chi connectivity index (χ1) is 8.00. The Bertz CT molecular complexity index is 273. The lowest BCUT2D eigenvalue weighted by Gasteiger charge is -2.21. The number of likely N-dealkylation sites (tertiary alicyclic amines) is 1. The fourth-order valence-electron chi connectivity index (χ4n) is 1.93. The Hall–Kier alpha value is -1.10. The van der Waals surface area contributed by atoms with Crippen molar-refractivity contribution in [1.82, 2.24) is 10.2 Å². The summed E-state index contributed by atoms with van der Waals surface area (Å²) in [6, 6.07) is -0.463. The zero-order valence-corrected chi connectivity index (χ0v) is 10.6. The minimum absolute atomic E-state index is 0.00658. The molecule has 5 nitrogen and oxygen atoms in total. The zero-order valence-electron chi connectivity index (χ0n) is 10.6. The lowest BCUT2D eigenvalue weighted by Crippen LogP contribution is -2.46. The van der Waals surface area contributed by atoms with Crippen LogP contribution in [0.4, 0.5) is 0 Å². The third kappa shape index (κ3) is 4.73. The van der Waals surface area contributed by atoms with Crippen molar-refractivity contribution in [3.63, 3.8) is 0 Å². The van der Waals surface area contributed by atoms with Crippen LogP contribution >= 0.6 is 0 Å². The number of nitrogens with zero attached hydrogens (tertiary/aromatic N) is 1. The SMILES string of the molecule is CC(O)CCC(=O)NC(C)C(=O)N1CCCC1. The average molecular weight is 242 g/mol. The molecule has 0 aliphatic carbocycles. The van der Waals surface area contributed by atoms with E-state index in [1.165, 1.54) is 0 Å². The van der Waals surface area contributed by atoms with E-state index in [-0.39, 0.29) is 18.2 Å². The van der Waals surface area contributed by atoms with Gasteiger partial charge in [0.25, 0.3) is 0 Å². The molecule has 0 saturated carbocycles. The number of hydrogen-bond acceptors (Lipinski definition) is 3. The summed E-state index contributed by atoms with van der Waals surface area (Å²) in [5.41, 5.74) is 0. The second kappa shape index (κ2) is 6.59. The highest BCUT2D eigenvalue weighted by molar-refractivity contribution is 5.87. The van der Waals surface area contributed by atoms with Crippen LogP contribution in [0.3, 0.4) is 0 Å². The lowest BCUT2D eigenvalue weighted by atomic mass is 10.2. The van der Waals surface area contributed by atoms with Gasteiger partial charge in [0.1, 0.15) is 6.04 Å². The van der Waals surface area contributed by atoms with Gasteiger partial charge in [-0.05, 0) is 33.1 Å². The molecule has 0 aromatic carbocycles. The van der Waals surface area contributed by atoms with E-state index in [0.29, 0.717) is 6.42 Å². The van der Waals surface area contributed by atoms with E-state index >= 15 is 0 Å². The molecule has 0 aromatic heterocycles. The standard InChI is InChI=1S/C12H22N2O3/c1-9(15)5-6-11(16)13-10(2)12(17)14-7-3-4-8-14/h9-10,15H,3-8H2,1-2H3,(H,13,16). The molecular weight excluding hydrogens is 220 g/mol. The summed E-state index contributed by atoms with van der Waals surface area (Å²) >= 11 is 0. The minimum atomic E-state index is -0.481. The van der Waals surface area contributed by atoms with Crippen molar-refractivity contribution < 1.29 is 14.7 Å². The highest BCUT2D eigenvalue weighted by atomic mass is 16.3. The Morgan fingerprint density at radius 3 is 2.41 bits per heavy atom. The van der Waals surface area contributed by atoms with Crippen LogP contribution < -0.4 is 5.32 Å². The molecule has 1 saturated heterocycles. The topological polar surface area (TPSA) is 69.6 Å². The van der Waals surface area contributed by atoms with E-state index in [2.05, 4.69) is 5.32 Å². The molecule has 1 aliphatic heterocycles. The number of rotatable bonds is 5. The van der Waals surface area contributed by atoms with Gasteiger partial charge in [0, 0.05) is 19.5 Å². The summed E-state index contributed by atoms with van der Waals surface area (Å²) in [5.74, 6) is -0.182. The normalized spacial score (nSPS) is 18.9. The molecule has 0 spiro atoms. The van der Waals surface area contributed by atoms with E-state index in [0.717, 1.165) is 25.9 Å². The maximum atomic E-state index is 11.9. The fourth-order valence-corrected chi connectivity index (χ4v) is 1.93. The van der Waals surface area contributed by atoms with Crippen molar-refractivity contribution in [2.75, 3.05) is 13.1 Å². The second-order valence-corrected chi connectivity index (χ2v) is 4.71. The third-order valence-corrected chi connectivity index (χ3v) is 2.95. The molecule has 2 amide bonds. The molecule has 98 valence electrons. The number of amides is 2. The molecule has 1 rings (SSSR count). The van der Waals surface area contributed by atoms with Crippen molar-refractivity contribution >= 4 is 11.8 Å². The van der Waals surface area contributed by atoms with Gasteiger partial charge in [-0.15, -0.1) is 0 Å². The molecule has 2 unspecified atom stereocenters. The fraction of sp³-hybridized carbons (Fsp3) is 0.833. The maximum absolute atomic E-state index is 11.9. The first-order valence-corrected chi connectivity index (χ1v) is 6.27. The minimum Gasteiger partial charge on any atom is -0.393 e. The van der Waals surface area contributed by atoms with Crippen LogP contribution in [-0.2, 0) is 9.59 Å². The Kier molecular flexibility index (Phi) is 5.41. The molecule has 2 N–H and O–H groups in total. The first kappa shape index (κ1) is 14.0. The molecule has 17 heavy (non-hydrogen) atoms. The monoisotopic (exact) mass is 242 g/mol. The maximum Gasteiger partial charge on any atom is 0.244 e. The van der Waals surface area contributed by atoms with Crippen LogP contribution in [0.15, 0.2) is 0 Å². The third-order valence-electron chi connectivity index (χ3n) is 2.95. The van der Waals surface area contributed by atoms with Crippen LogP contribution in [0.2, 0.25) is 0 Å². The summed E-state index contributed by atoms with van der Waals surface area (Å²) in [4.78, 5) is 25.2. The summed E-state index contributed by atoms with van der Waals surface area (Å²) in [6.45, 7) is 4.95. The number of carbonyl (C=O) groups is 2. The lowest BCUT2D eigenvalue weighted by molar-refractivity contribution is -0.135. The van der Waals surface area contributed by atoms with Crippen LogP contribution in [0.5, 0.6) is 0 Å². The molecule has 0 aromatic rings. The number of aliphatic hydroxyl groups excluding tert-OH is 1. The smallest absolute Gasteiger partial charge is 0.244 e. The molecule has 0 radical (unpaired) electrons. The zero-order chi connectivity index (χ0) is 12.8. The van der Waals surface area contributed by atoms with Gasteiger partial charge < -0.3 is 15.3 Å². The van der Waals surface area contributed by atoms with Gasteiger partial charge in [-0.25, -0.2) is 0 Å². The molecule has 1 aliphatic rings. The molecular formula is C12H22N2O3. The van der Waals surface area contributed by atoms with Crippen LogP contribution in [0.25, 0.3) is 0 Å². The van der Waals surface area contributed by atoms with Gasteiger partial charge in [-0.1, -0.05) is 0 Å². The molecule has 5 heteroatoms. The van der Waals surface area contributed by atoms with Gasteiger partial charge in [0.15, 0.2) is 0 Å². The highest BCUT2D eigenvalue weighted by Crippen LogP contribution is 2.09. The average Bonchev–Trinajstić information content (AvgIpc) is 2.78. The van der Waals surface area contributed by atoms with E-state index in [1.54, 1.807) is 18.7 Å². The predicted molar refractivity (Wildman–Crippen MR) is 64.3 cm³/mol. The van der Waals surface area contributed by atoms with Gasteiger partial charge in [0.05, 0.1) is 6.10 Å². The van der Waals surface area contributed by atoms with Gasteiger partial charge in [-0.2, -0.15) is 0 Å². The number of aliphatic hydroxyl groups is 1. The Morgan fingerprint density at radius 2 is 1.88 bits per heavy atom. The number of carbonyl (C=O) groups excluding carboxylic acids is 2. The van der Waals surface area contributed by atoms with Crippen LogP contribution in [0.1, 0.15) is 39.5 Å². The van der Waals surface area contributed by atoms with Gasteiger partial charge in [-0.3, -0.25) is 9.59 Å². The molecule has 1 fully saturated rings. The Morgan fingerprint density at radius 1 is 1.29 bits per heavy atom. The molecule has 1 heterocycles. The number of hydrogen-bond donors (Lipinski definition) is 2. The Labute approximate surface area is 102 Å². The Balaban J connectivity index is 2.29. The second-order valence-electron chi connectivity index (χ2n) is 4.71. The summed E-state index contributed by atoms with van der Waals surface area (Å²) in [6.07, 6.45) is 2.31. The van der Waals surface area contributed by atoms with Crippen molar-refractivity contribution in [1.29, 1.82) is 0 Å². The van der Waals surface area contributed by atoms with Crippen LogP contribution in [0, 0.1) is 0 Å². The van der Waals surface area contributed by atoms with Gasteiger partial charge in [0.2, 0.25) is 11.8 Å². The molecule has 0 bridgehead atoms. The summed E-state index contributed by atoms with van der Waals surface area (Å²) < 4.78 is 0. The van der Waals surface area contributed by atoms with Crippen molar-refractivity contribution in [3.05, 3.63) is 0 Å². The van der Waals surface area contributed by atoms with E-state index < -0.39 is 12.1 Å². The van der Waals surface area contributed by atoms with Crippen LogP contribution in [-0.4, -0.2) is 47.1 Å². The largest absolute Gasteiger partial charge is 0.393 e. The summed E-state index contributed by atoms with van der Waals surface area (Å²) in [7, 11) is 0. The quantitative estimate of drug-likeness (QED) is 0.727. The number of nitrogens with one attached hydrogen (secondary N) is 1. The highest BCUT2D eigenvalue weighted by Gasteiger charge is 2.24. The van der Waals surface area contributed by atoms with E-state index in [9.17, 15) is 9.59 Å². The molecule has 2 atom stereocenters. The van der Waals surface area contributed by atoms with Gasteiger partial charge >= 0.3 is 0 Å².